The molecule has 0 bridgehead atoms. The molecule has 1 saturated heterocycles. The molecule has 1 aliphatic heterocycles. The van der Waals surface area contributed by atoms with Crippen LogP contribution in [0.2, 0.25) is 0 Å². The van der Waals surface area contributed by atoms with Crippen molar-refractivity contribution in [3.05, 3.63) is 64.2 Å². The highest BCUT2D eigenvalue weighted by Crippen LogP contribution is 2.30. The number of carbonyl (C=O) groups excluding carboxylic acids is 2. The van der Waals surface area contributed by atoms with Gasteiger partial charge < -0.3 is 10.1 Å². The average Bonchev–Trinajstić information content (AvgIpc) is 2.84. The summed E-state index contributed by atoms with van der Waals surface area (Å²) in [5.74, 6) is 0.260. The smallest absolute Gasteiger partial charge is 0.346 e. The fourth-order valence-corrected chi connectivity index (χ4v) is 3.36. The van der Waals surface area contributed by atoms with Gasteiger partial charge in [0.25, 0.3) is 5.91 Å². The Morgan fingerprint density at radius 1 is 1.07 bits per heavy atom. The lowest BCUT2D eigenvalue weighted by molar-refractivity contribution is -0.131. The zero-order valence-electron chi connectivity index (χ0n) is 16.2. The number of ether oxygens (including phenoxy) is 1. The third-order valence-corrected chi connectivity index (χ3v) is 4.88. The summed E-state index contributed by atoms with van der Waals surface area (Å²) in [6.07, 6.45) is 1.57. The lowest BCUT2D eigenvalue weighted by Crippen LogP contribution is -2.40. The van der Waals surface area contributed by atoms with Gasteiger partial charge in [-0.25, -0.2) is 4.79 Å². The van der Waals surface area contributed by atoms with E-state index in [-0.39, 0.29) is 0 Å². The van der Waals surface area contributed by atoms with Gasteiger partial charge in [-0.1, -0.05) is 29.8 Å². The molecule has 0 aromatic heterocycles. The van der Waals surface area contributed by atoms with Gasteiger partial charge in [0.15, 0.2) is 0 Å². The molecule has 3 rings (SSSR count). The number of urea groups is 1. The van der Waals surface area contributed by atoms with Crippen LogP contribution in [-0.4, -0.2) is 30.3 Å². The highest BCUT2D eigenvalue weighted by molar-refractivity contribution is 6.07. The second-order valence-corrected chi connectivity index (χ2v) is 6.96. The van der Waals surface area contributed by atoms with E-state index in [1.54, 1.807) is 44.5 Å². The largest absolute Gasteiger partial charge is 0.497 e. The number of hydrogen-bond donors (Lipinski definition) is 1. The summed E-state index contributed by atoms with van der Waals surface area (Å²) in [6.45, 7) is 7.66. The molecule has 1 atom stereocenters. The third kappa shape index (κ3) is 3.30. The second kappa shape index (κ2) is 6.87. The Bertz CT molecular complexity index is 911. The van der Waals surface area contributed by atoms with Crippen LogP contribution in [0.3, 0.4) is 0 Å². The van der Waals surface area contributed by atoms with Gasteiger partial charge >= 0.3 is 6.03 Å². The van der Waals surface area contributed by atoms with Crippen LogP contribution >= 0.6 is 0 Å². The SMILES string of the molecule is COc1ccc(C2(C)NC(=O)N(/N=C/c3c(C)cc(C)cc3C)C2=O)cc1. The van der Waals surface area contributed by atoms with Crippen LogP contribution in [-0.2, 0) is 10.3 Å². The fourth-order valence-electron chi connectivity index (χ4n) is 3.36. The van der Waals surface area contributed by atoms with Crippen molar-refractivity contribution in [1.29, 1.82) is 0 Å². The summed E-state index contributed by atoms with van der Waals surface area (Å²) in [7, 11) is 1.57. The van der Waals surface area contributed by atoms with Crippen LogP contribution in [0.1, 0.15) is 34.7 Å². The Morgan fingerprint density at radius 2 is 1.67 bits per heavy atom. The van der Waals surface area contributed by atoms with Crippen molar-refractivity contribution in [2.75, 3.05) is 7.11 Å². The molecule has 1 aliphatic rings. The van der Waals surface area contributed by atoms with E-state index in [1.165, 1.54) is 0 Å². The minimum atomic E-state index is -1.17. The number of rotatable bonds is 4. The summed E-state index contributed by atoms with van der Waals surface area (Å²) in [4.78, 5) is 25.3. The Hall–Kier alpha value is -3.15. The van der Waals surface area contributed by atoms with E-state index in [4.69, 9.17) is 4.74 Å². The van der Waals surface area contributed by atoms with Gasteiger partial charge in [-0.3, -0.25) is 4.79 Å². The maximum absolute atomic E-state index is 12.9. The average molecular weight is 365 g/mol. The van der Waals surface area contributed by atoms with E-state index in [2.05, 4.69) is 10.4 Å². The molecular weight excluding hydrogens is 342 g/mol. The van der Waals surface area contributed by atoms with E-state index in [1.807, 2.05) is 32.9 Å². The number of imide groups is 1. The molecule has 0 spiro atoms. The van der Waals surface area contributed by atoms with Crippen molar-refractivity contribution >= 4 is 18.2 Å². The van der Waals surface area contributed by atoms with E-state index in [0.29, 0.717) is 11.3 Å². The zero-order valence-corrected chi connectivity index (χ0v) is 16.2. The summed E-state index contributed by atoms with van der Waals surface area (Å²) < 4.78 is 5.15. The zero-order chi connectivity index (χ0) is 19.8. The molecule has 6 heteroatoms. The molecule has 140 valence electrons. The van der Waals surface area contributed by atoms with Gasteiger partial charge in [0, 0.05) is 5.56 Å². The maximum Gasteiger partial charge on any atom is 0.346 e. The predicted octanol–water partition coefficient (Wildman–Crippen LogP) is 3.42. The van der Waals surface area contributed by atoms with Crippen molar-refractivity contribution in [1.82, 2.24) is 10.3 Å². The van der Waals surface area contributed by atoms with Crippen LogP contribution in [0.25, 0.3) is 0 Å². The molecule has 1 unspecified atom stereocenters. The Labute approximate surface area is 158 Å². The summed E-state index contributed by atoms with van der Waals surface area (Å²) >= 11 is 0. The van der Waals surface area contributed by atoms with Gasteiger partial charge in [-0.2, -0.15) is 5.10 Å². The van der Waals surface area contributed by atoms with Crippen molar-refractivity contribution in [2.24, 2.45) is 5.10 Å². The molecule has 1 N–H and O–H groups in total. The molecule has 27 heavy (non-hydrogen) atoms. The maximum atomic E-state index is 12.9. The molecule has 6 nitrogen and oxygen atoms in total. The third-order valence-electron chi connectivity index (χ3n) is 4.88. The normalized spacial score (nSPS) is 19.7. The molecule has 3 amide bonds. The number of hydrogen-bond acceptors (Lipinski definition) is 4. The monoisotopic (exact) mass is 365 g/mol. The minimum Gasteiger partial charge on any atom is -0.497 e. The fraction of sp³-hybridized carbons (Fsp3) is 0.286. The van der Waals surface area contributed by atoms with Gasteiger partial charge in [0.2, 0.25) is 0 Å². The Kier molecular flexibility index (Phi) is 4.74. The van der Waals surface area contributed by atoms with Crippen LogP contribution in [0.5, 0.6) is 5.75 Å². The first-order valence-electron chi connectivity index (χ1n) is 8.69. The Morgan fingerprint density at radius 3 is 2.22 bits per heavy atom. The number of benzene rings is 2. The van der Waals surface area contributed by atoms with Crippen molar-refractivity contribution in [3.8, 4) is 5.75 Å². The Balaban J connectivity index is 1.90. The van der Waals surface area contributed by atoms with Crippen LogP contribution in [0.4, 0.5) is 4.79 Å². The highest BCUT2D eigenvalue weighted by Gasteiger charge is 2.49. The number of amides is 3. The summed E-state index contributed by atoms with van der Waals surface area (Å²) in [5.41, 5.74) is 3.64. The predicted molar refractivity (Wildman–Crippen MR) is 104 cm³/mol. The number of nitrogens with zero attached hydrogens (tertiary/aromatic N) is 2. The van der Waals surface area contributed by atoms with Gasteiger partial charge in [0.05, 0.1) is 13.3 Å². The van der Waals surface area contributed by atoms with Gasteiger partial charge in [-0.15, -0.1) is 5.01 Å². The topological polar surface area (TPSA) is 71.0 Å². The van der Waals surface area contributed by atoms with E-state index in [0.717, 1.165) is 27.3 Å². The lowest BCUT2D eigenvalue weighted by Gasteiger charge is -2.21. The van der Waals surface area contributed by atoms with Crippen molar-refractivity contribution in [2.45, 2.75) is 33.2 Å². The minimum absolute atomic E-state index is 0.420. The number of methoxy groups -OCH3 is 1. The first-order valence-corrected chi connectivity index (χ1v) is 8.69. The van der Waals surface area contributed by atoms with E-state index < -0.39 is 17.5 Å². The molecule has 2 aromatic rings. The first kappa shape index (κ1) is 18.6. The van der Waals surface area contributed by atoms with Gasteiger partial charge in [-0.05, 0) is 56.5 Å². The quantitative estimate of drug-likeness (QED) is 0.667. The van der Waals surface area contributed by atoms with E-state index in [9.17, 15) is 9.59 Å². The van der Waals surface area contributed by atoms with Crippen molar-refractivity contribution < 1.29 is 14.3 Å². The van der Waals surface area contributed by atoms with E-state index >= 15 is 0 Å². The van der Waals surface area contributed by atoms with Crippen LogP contribution < -0.4 is 10.1 Å². The number of nitrogens with one attached hydrogen (secondary N) is 1. The number of carbonyl (C=O) groups is 2. The first-order chi connectivity index (χ1) is 12.8. The number of aryl methyl sites for hydroxylation is 3. The second-order valence-electron chi connectivity index (χ2n) is 6.96. The van der Waals surface area contributed by atoms with Crippen LogP contribution in [0, 0.1) is 20.8 Å². The van der Waals surface area contributed by atoms with Gasteiger partial charge in [0.1, 0.15) is 11.3 Å². The standard InChI is InChI=1S/C21H23N3O3/c1-13-10-14(2)18(15(3)11-13)12-22-24-19(25)21(4,23-20(24)26)16-6-8-17(27-5)9-7-16/h6-12H,1-5H3,(H,23,26)/b22-12+. The molecule has 1 fully saturated rings. The molecular formula is C21H23N3O3. The molecule has 1 heterocycles. The molecule has 0 radical (unpaired) electrons. The summed E-state index contributed by atoms with van der Waals surface area (Å²) in [5, 5.41) is 7.82. The number of hydrazone groups is 1. The summed E-state index contributed by atoms with van der Waals surface area (Å²) in [6, 6.07) is 10.6. The molecule has 0 saturated carbocycles. The van der Waals surface area contributed by atoms with Crippen LogP contribution in [0.15, 0.2) is 41.5 Å². The lowest BCUT2D eigenvalue weighted by atomic mass is 9.92. The molecule has 2 aromatic carbocycles. The highest BCUT2D eigenvalue weighted by atomic mass is 16.5. The molecule has 0 aliphatic carbocycles. The van der Waals surface area contributed by atoms with Crippen molar-refractivity contribution in [3.63, 3.8) is 0 Å².